The van der Waals surface area contributed by atoms with Crippen LogP contribution in [0.2, 0.25) is 0 Å². The number of carbonyl (C=O) groups excluding carboxylic acids is 6. The van der Waals surface area contributed by atoms with Crippen LogP contribution in [0.25, 0.3) is 10.9 Å². The van der Waals surface area contributed by atoms with E-state index in [-0.39, 0.29) is 60.8 Å². The summed E-state index contributed by atoms with van der Waals surface area (Å²) in [7, 11) is -4.03. The number of H-pyrrole nitrogens is 1. The molecule has 3 aliphatic rings. The first-order valence-electron chi connectivity index (χ1n) is 21.1. The lowest BCUT2D eigenvalue weighted by atomic mass is 10.0. The number of carbonyl (C=O) groups is 6. The molecule has 1 aromatic heterocycles. The minimum Gasteiger partial charge on any atom is -0.382 e. The van der Waals surface area contributed by atoms with Crippen molar-refractivity contribution in [3.05, 3.63) is 119 Å². The predicted molar refractivity (Wildman–Crippen MR) is 238 cm³/mol. The molecule has 0 saturated carbocycles. The van der Waals surface area contributed by atoms with E-state index in [4.69, 9.17) is 4.74 Å². The lowest BCUT2D eigenvalue weighted by molar-refractivity contribution is -0.136. The fourth-order valence-electron chi connectivity index (χ4n) is 8.22. The number of piperazine rings is 1. The van der Waals surface area contributed by atoms with E-state index in [1.165, 1.54) is 18.2 Å². The number of sulfonamides is 1. The molecule has 2 fully saturated rings. The van der Waals surface area contributed by atoms with Crippen LogP contribution in [0.4, 0.5) is 17.1 Å². The Morgan fingerprint density at radius 2 is 1.61 bits per heavy atom. The van der Waals surface area contributed by atoms with Gasteiger partial charge in [-0.25, -0.2) is 8.42 Å². The normalized spacial score (nSPS) is 17.1. The summed E-state index contributed by atoms with van der Waals surface area (Å²) in [4.78, 5) is 85.4. The Morgan fingerprint density at radius 1 is 0.859 bits per heavy atom. The largest absolute Gasteiger partial charge is 0.382 e. The smallest absolute Gasteiger partial charge is 0.264 e. The van der Waals surface area contributed by atoms with Gasteiger partial charge in [-0.1, -0.05) is 42.0 Å². The number of para-hydroxylation sites is 1. The van der Waals surface area contributed by atoms with Gasteiger partial charge in [-0.2, -0.15) is 4.72 Å². The van der Waals surface area contributed by atoms with Gasteiger partial charge in [-0.3, -0.25) is 39.0 Å². The van der Waals surface area contributed by atoms with Crippen LogP contribution in [0.3, 0.4) is 0 Å². The lowest BCUT2D eigenvalue weighted by Gasteiger charge is -2.36. The SMILES string of the molecule is Cc1ccc(S(=O)(=O)NC(Cc2c[nH]c3ccccc23)C(=O)Nc2ccc(N3CCN(C(=O)CCOCCNc4cccc5c4C(=O)N(C4CCC(=O)NC4=O)C5=O)CC3)cc2)cc1. The van der Waals surface area contributed by atoms with Crippen molar-refractivity contribution >= 4 is 73.4 Å². The van der Waals surface area contributed by atoms with Gasteiger partial charge in [0.05, 0.1) is 35.7 Å². The van der Waals surface area contributed by atoms with Crippen molar-refractivity contribution in [3.63, 3.8) is 0 Å². The van der Waals surface area contributed by atoms with Gasteiger partial charge in [-0.05, 0) is 79.9 Å². The Labute approximate surface area is 369 Å². The fourth-order valence-corrected chi connectivity index (χ4v) is 9.42. The molecule has 4 heterocycles. The number of hydrogen-bond acceptors (Lipinski definition) is 11. The number of benzene rings is 4. The minimum absolute atomic E-state index is 0.0355. The van der Waals surface area contributed by atoms with Gasteiger partial charge in [-0.15, -0.1) is 0 Å². The van der Waals surface area contributed by atoms with E-state index >= 15 is 0 Å². The Kier molecular flexibility index (Phi) is 12.9. The minimum atomic E-state index is -4.03. The van der Waals surface area contributed by atoms with Gasteiger partial charge in [0, 0.05) is 73.3 Å². The Morgan fingerprint density at radius 3 is 2.36 bits per heavy atom. The predicted octanol–water partition coefficient (Wildman–Crippen LogP) is 3.57. The quantitative estimate of drug-likeness (QED) is 0.0713. The molecule has 17 nitrogen and oxygen atoms in total. The first-order valence-corrected chi connectivity index (χ1v) is 22.6. The third-order valence-electron chi connectivity index (χ3n) is 11.7. The zero-order valence-corrected chi connectivity index (χ0v) is 35.9. The highest BCUT2D eigenvalue weighted by Gasteiger charge is 2.45. The number of rotatable bonds is 16. The van der Waals surface area contributed by atoms with Crippen molar-refractivity contribution in [2.24, 2.45) is 0 Å². The molecule has 18 heteroatoms. The number of aromatic amines is 1. The summed E-state index contributed by atoms with van der Waals surface area (Å²) >= 11 is 0. The van der Waals surface area contributed by atoms with Gasteiger partial charge < -0.3 is 30.2 Å². The summed E-state index contributed by atoms with van der Waals surface area (Å²) in [5.41, 5.74) is 4.77. The molecule has 4 aromatic carbocycles. The lowest BCUT2D eigenvalue weighted by Crippen LogP contribution is -2.54. The van der Waals surface area contributed by atoms with E-state index in [1.807, 2.05) is 43.3 Å². The standard InChI is InChI=1S/C46H48N8O9S/c1-29-9-15-33(16-10-29)64(61,62)51-38(27-30-28-48-36-7-3-2-5-34(30)36)43(57)49-31-11-13-32(14-12-31)52-21-23-53(24-22-52)41(56)19-25-63-26-20-47-37-8-4-6-35-42(37)46(60)54(45(35)59)39-17-18-40(55)50-44(39)58/h2-16,28,38-39,47-48,51H,17-27H2,1H3,(H,49,57)(H,50,55,58). The number of anilines is 3. The summed E-state index contributed by atoms with van der Waals surface area (Å²) in [6, 6.07) is 24.1. The number of nitrogens with zero attached hydrogens (tertiary/aromatic N) is 3. The number of amides is 6. The number of ether oxygens (including phenoxy) is 1. The second-order valence-electron chi connectivity index (χ2n) is 15.9. The molecule has 6 amide bonds. The number of imide groups is 2. The molecule has 64 heavy (non-hydrogen) atoms. The van der Waals surface area contributed by atoms with Crippen molar-refractivity contribution < 1.29 is 41.9 Å². The van der Waals surface area contributed by atoms with Crippen molar-refractivity contribution in [3.8, 4) is 0 Å². The van der Waals surface area contributed by atoms with Gasteiger partial charge in [0.1, 0.15) is 12.1 Å². The van der Waals surface area contributed by atoms with Crippen LogP contribution in [0.1, 0.15) is 51.1 Å². The Bertz CT molecular complexity index is 2710. The average Bonchev–Trinajstić information content (AvgIpc) is 3.81. The number of fused-ring (bicyclic) bond motifs is 2. The molecule has 0 radical (unpaired) electrons. The van der Waals surface area contributed by atoms with Crippen LogP contribution in [-0.2, 0) is 40.4 Å². The van der Waals surface area contributed by atoms with Crippen LogP contribution in [0.5, 0.6) is 0 Å². The molecular weight excluding hydrogens is 841 g/mol. The maximum absolute atomic E-state index is 13.8. The zero-order chi connectivity index (χ0) is 45.0. The first kappa shape index (κ1) is 43.7. The monoisotopic (exact) mass is 888 g/mol. The fraction of sp³-hybridized carbons (Fsp3) is 0.304. The van der Waals surface area contributed by atoms with Crippen molar-refractivity contribution in [1.29, 1.82) is 0 Å². The van der Waals surface area contributed by atoms with Gasteiger partial charge in [0.2, 0.25) is 33.7 Å². The van der Waals surface area contributed by atoms with Crippen molar-refractivity contribution in [2.45, 2.75) is 49.6 Å². The second kappa shape index (κ2) is 18.8. The topological polar surface area (TPSA) is 219 Å². The molecule has 2 unspecified atom stereocenters. The maximum atomic E-state index is 13.8. The number of nitrogens with one attached hydrogen (secondary N) is 5. The molecule has 2 atom stereocenters. The van der Waals surface area contributed by atoms with E-state index in [1.54, 1.807) is 47.5 Å². The Balaban J connectivity index is 0.788. The summed E-state index contributed by atoms with van der Waals surface area (Å²) in [5, 5.41) is 9.12. The molecule has 332 valence electrons. The molecule has 8 rings (SSSR count). The first-order chi connectivity index (χ1) is 30.9. The van der Waals surface area contributed by atoms with E-state index in [0.717, 1.165) is 32.6 Å². The highest BCUT2D eigenvalue weighted by molar-refractivity contribution is 7.89. The molecule has 5 aromatic rings. The summed E-state index contributed by atoms with van der Waals surface area (Å²) in [6.45, 7) is 4.80. The van der Waals surface area contributed by atoms with Crippen molar-refractivity contribution in [2.75, 3.05) is 61.5 Å². The average molecular weight is 889 g/mol. The highest BCUT2D eigenvalue weighted by atomic mass is 32.2. The molecule has 5 N–H and O–H groups in total. The van der Waals surface area contributed by atoms with Crippen LogP contribution < -0.4 is 25.6 Å². The third kappa shape index (κ3) is 9.53. The summed E-state index contributed by atoms with van der Waals surface area (Å²) in [5.74, 6) is -2.84. The van der Waals surface area contributed by atoms with E-state index in [9.17, 15) is 37.2 Å². The van der Waals surface area contributed by atoms with E-state index in [0.29, 0.717) is 44.1 Å². The molecule has 2 saturated heterocycles. The van der Waals surface area contributed by atoms with Crippen LogP contribution in [0, 0.1) is 6.92 Å². The van der Waals surface area contributed by atoms with E-state index < -0.39 is 51.6 Å². The number of piperidine rings is 1. The van der Waals surface area contributed by atoms with Gasteiger partial charge in [0.15, 0.2) is 0 Å². The second-order valence-corrected chi connectivity index (χ2v) is 17.6. The van der Waals surface area contributed by atoms with Crippen LogP contribution in [-0.4, -0.2) is 117 Å². The number of aryl methyl sites for hydroxylation is 1. The highest BCUT2D eigenvalue weighted by Crippen LogP contribution is 2.32. The third-order valence-corrected chi connectivity index (χ3v) is 13.2. The molecule has 0 spiro atoms. The summed E-state index contributed by atoms with van der Waals surface area (Å²) < 4.78 is 35.3. The molecule has 0 aliphatic carbocycles. The number of hydrogen-bond donors (Lipinski definition) is 5. The van der Waals surface area contributed by atoms with Crippen LogP contribution in [0.15, 0.2) is 102 Å². The van der Waals surface area contributed by atoms with Gasteiger partial charge >= 0.3 is 0 Å². The maximum Gasteiger partial charge on any atom is 0.264 e. The van der Waals surface area contributed by atoms with E-state index in [2.05, 4.69) is 30.6 Å². The summed E-state index contributed by atoms with van der Waals surface area (Å²) in [6.07, 6.45) is 2.20. The van der Waals surface area contributed by atoms with Gasteiger partial charge in [0.25, 0.3) is 11.8 Å². The zero-order valence-electron chi connectivity index (χ0n) is 35.1. The molecular formula is C46H48N8O9S. The molecule has 0 bridgehead atoms. The van der Waals surface area contributed by atoms with Crippen molar-refractivity contribution in [1.82, 2.24) is 24.8 Å². The Hall–Kier alpha value is -6.89. The van der Waals surface area contributed by atoms with Crippen LogP contribution >= 0.6 is 0 Å². The molecule has 3 aliphatic heterocycles. The number of aromatic nitrogens is 1.